The number of ether oxygens (including phenoxy) is 1. The second kappa shape index (κ2) is 7.49. The number of rotatable bonds is 7. The van der Waals surface area contributed by atoms with Gasteiger partial charge in [-0.25, -0.2) is 8.78 Å². The van der Waals surface area contributed by atoms with E-state index >= 15 is 0 Å². The van der Waals surface area contributed by atoms with E-state index in [0.29, 0.717) is 11.3 Å². The maximum absolute atomic E-state index is 14.3. The monoisotopic (exact) mass is 519 g/mol. The minimum Gasteiger partial charge on any atom is -0.492 e. The highest BCUT2D eigenvalue weighted by molar-refractivity contribution is 9.10. The Morgan fingerprint density at radius 1 is 1.45 bits per heavy atom. The molecule has 3 rings (SSSR count). The highest BCUT2D eigenvalue weighted by Crippen LogP contribution is 2.63. The van der Waals surface area contributed by atoms with Crippen LogP contribution in [0.3, 0.4) is 0 Å². The molecule has 3 N–H and O–H groups in total. The van der Waals surface area contributed by atoms with Crippen LogP contribution in [0.5, 0.6) is 5.75 Å². The summed E-state index contributed by atoms with van der Waals surface area (Å²) in [5.41, 5.74) is -4.41. The molecule has 1 aliphatic carbocycles. The van der Waals surface area contributed by atoms with Gasteiger partial charge in [0.2, 0.25) is 0 Å². The highest BCUT2D eigenvalue weighted by atomic mass is 79.9. The highest BCUT2D eigenvalue weighted by Gasteiger charge is 2.56. The third-order valence-electron chi connectivity index (χ3n) is 4.50. The summed E-state index contributed by atoms with van der Waals surface area (Å²) in [6, 6.07) is 2.55. The van der Waals surface area contributed by atoms with Crippen molar-refractivity contribution in [1.82, 2.24) is 5.32 Å². The fraction of sp³-hybridized carbons (Fsp3) is 0.438. The molecule has 1 aliphatic rings. The van der Waals surface area contributed by atoms with Crippen LogP contribution in [-0.4, -0.2) is 35.3 Å². The van der Waals surface area contributed by atoms with Gasteiger partial charge in [-0.15, -0.1) is 11.3 Å². The number of fused-ring (bicyclic) bond motifs is 1. The molecule has 1 saturated carbocycles. The van der Waals surface area contributed by atoms with Crippen molar-refractivity contribution in [3.05, 3.63) is 27.0 Å². The molecule has 0 saturated heterocycles. The minimum atomic E-state index is -5.82. The topological polar surface area (TPSA) is 95.9 Å². The van der Waals surface area contributed by atoms with Crippen LogP contribution in [0.2, 0.25) is 0 Å². The number of carbonyl (C=O) groups excluding carboxylic acids is 1. The first-order valence-electron chi connectivity index (χ1n) is 8.22. The molecule has 13 heteroatoms. The molecule has 1 fully saturated rings. The molecule has 1 amide bonds. The molecule has 0 bridgehead atoms. The average molecular weight is 520 g/mol. The van der Waals surface area contributed by atoms with Gasteiger partial charge in [-0.2, -0.15) is 8.78 Å². The van der Waals surface area contributed by atoms with Gasteiger partial charge in [-0.3, -0.25) is 9.36 Å². The quantitative estimate of drug-likeness (QED) is 0.364. The summed E-state index contributed by atoms with van der Waals surface area (Å²) in [4.78, 5) is 29.2. The van der Waals surface area contributed by atoms with Crippen molar-refractivity contribution in [2.75, 3.05) is 13.7 Å². The van der Waals surface area contributed by atoms with Crippen LogP contribution in [0.4, 0.5) is 17.6 Å². The molecule has 1 aromatic carbocycles. The number of hydrogen-bond donors (Lipinski definition) is 3. The number of halogens is 5. The first-order valence-corrected chi connectivity index (χ1v) is 11.4. The summed E-state index contributed by atoms with van der Waals surface area (Å²) in [5, 5.41) is 2.46. The van der Waals surface area contributed by atoms with Crippen LogP contribution < -0.4 is 10.1 Å². The van der Waals surface area contributed by atoms with E-state index in [1.165, 1.54) is 19.2 Å². The molecule has 1 heterocycles. The third kappa shape index (κ3) is 4.18. The van der Waals surface area contributed by atoms with E-state index < -0.39 is 35.9 Å². The number of amides is 1. The molecule has 160 valence electrons. The fourth-order valence-electron chi connectivity index (χ4n) is 2.74. The normalized spacial score (nSPS) is 18.7. The predicted octanol–water partition coefficient (Wildman–Crippen LogP) is 4.67. The summed E-state index contributed by atoms with van der Waals surface area (Å²) >= 11 is 3.33. The first kappa shape index (κ1) is 22.5. The first-order chi connectivity index (χ1) is 13.3. The number of hydrogen-bond acceptors (Lipinski definition) is 4. The van der Waals surface area contributed by atoms with Crippen molar-refractivity contribution in [3.63, 3.8) is 0 Å². The molecule has 0 aliphatic heterocycles. The molecule has 0 spiro atoms. The number of carbonyl (C=O) groups is 1. The van der Waals surface area contributed by atoms with E-state index in [1.54, 1.807) is 0 Å². The second-order valence-corrected chi connectivity index (χ2v) is 10.0. The zero-order valence-electron chi connectivity index (χ0n) is 14.7. The van der Waals surface area contributed by atoms with Crippen molar-refractivity contribution in [2.45, 2.75) is 24.4 Å². The maximum atomic E-state index is 14.3. The lowest BCUT2D eigenvalue weighted by molar-refractivity contribution is 0.0595. The third-order valence-corrected chi connectivity index (χ3v) is 7.99. The van der Waals surface area contributed by atoms with Gasteiger partial charge < -0.3 is 19.8 Å². The van der Waals surface area contributed by atoms with Crippen LogP contribution >= 0.6 is 34.9 Å². The molecule has 29 heavy (non-hydrogen) atoms. The van der Waals surface area contributed by atoms with E-state index in [4.69, 9.17) is 14.5 Å². The zero-order valence-corrected chi connectivity index (χ0v) is 18.0. The minimum absolute atomic E-state index is 0.0106. The molecule has 2 aromatic rings. The summed E-state index contributed by atoms with van der Waals surface area (Å²) < 4.78 is 71.2. The van der Waals surface area contributed by atoms with Crippen molar-refractivity contribution in [2.24, 2.45) is 5.92 Å². The Labute approximate surface area is 174 Å². The van der Waals surface area contributed by atoms with Crippen LogP contribution in [0.25, 0.3) is 10.1 Å². The van der Waals surface area contributed by atoms with Crippen molar-refractivity contribution >= 4 is 50.9 Å². The van der Waals surface area contributed by atoms with Gasteiger partial charge in [0.15, 0.2) is 0 Å². The molecule has 1 atom stereocenters. The van der Waals surface area contributed by atoms with Crippen LogP contribution in [0.15, 0.2) is 16.6 Å². The Bertz CT molecular complexity index is 1020. The summed E-state index contributed by atoms with van der Waals surface area (Å²) in [6.07, 6.45) is -0.204. The fourth-order valence-corrected chi connectivity index (χ4v) is 5.72. The Hall–Kier alpha value is -1.20. The van der Waals surface area contributed by atoms with Crippen molar-refractivity contribution in [1.29, 1.82) is 0 Å². The van der Waals surface area contributed by atoms with Gasteiger partial charge in [0.05, 0.1) is 11.3 Å². The van der Waals surface area contributed by atoms with Crippen molar-refractivity contribution < 1.29 is 41.4 Å². The molecule has 6 nitrogen and oxygen atoms in total. The lowest BCUT2D eigenvalue weighted by Gasteiger charge is -2.16. The molecule has 1 unspecified atom stereocenters. The van der Waals surface area contributed by atoms with Gasteiger partial charge >= 0.3 is 13.3 Å². The van der Waals surface area contributed by atoms with Crippen LogP contribution in [0.1, 0.15) is 28.1 Å². The number of nitrogens with one attached hydrogen (secondary N) is 1. The molecular weight excluding hydrogens is 505 g/mol. The van der Waals surface area contributed by atoms with E-state index in [0.717, 1.165) is 0 Å². The summed E-state index contributed by atoms with van der Waals surface area (Å²) in [5.74, 6) is -4.10. The van der Waals surface area contributed by atoms with Gasteiger partial charge in [0, 0.05) is 34.8 Å². The van der Waals surface area contributed by atoms with Crippen LogP contribution in [-0.2, 0) is 10.2 Å². The van der Waals surface area contributed by atoms with Crippen LogP contribution in [0, 0.1) is 5.92 Å². The predicted molar refractivity (Wildman–Crippen MR) is 102 cm³/mol. The Morgan fingerprint density at radius 2 is 2.07 bits per heavy atom. The van der Waals surface area contributed by atoms with Gasteiger partial charge in [0.25, 0.3) is 11.8 Å². The van der Waals surface area contributed by atoms with Gasteiger partial charge in [0.1, 0.15) is 10.6 Å². The largest absolute Gasteiger partial charge is 0.492 e. The molecular formula is C16H15BrF4NO5PS. The zero-order chi connectivity index (χ0) is 21.8. The lowest BCUT2D eigenvalue weighted by atomic mass is 10.1. The average Bonchev–Trinajstić information content (AvgIpc) is 3.08. The van der Waals surface area contributed by atoms with E-state index in [-0.39, 0.29) is 45.3 Å². The number of alkyl halides is 4. The molecule has 0 radical (unpaired) electrons. The SMILES string of the molecule is CNC(=O)c1cc(OCCC2CC2(F)F)c2sc(C(F)(F)P(=O)(O)O)c(Br)c2c1. The maximum Gasteiger partial charge on any atom is 0.400 e. The van der Waals surface area contributed by atoms with Crippen molar-refractivity contribution in [3.8, 4) is 5.75 Å². The Morgan fingerprint density at radius 3 is 2.59 bits per heavy atom. The summed E-state index contributed by atoms with van der Waals surface area (Å²) in [7, 11) is -4.46. The van der Waals surface area contributed by atoms with Gasteiger partial charge in [-0.05, 0) is 34.5 Å². The van der Waals surface area contributed by atoms with E-state index in [1.807, 2.05) is 0 Å². The lowest BCUT2D eigenvalue weighted by Crippen LogP contribution is -2.17. The smallest absolute Gasteiger partial charge is 0.400 e. The molecule has 1 aromatic heterocycles. The standard InChI is InChI=1S/C16H15BrF4NO5PS/c1-22-14(23)7-4-9-11(17)13(16(20,21)28(24,25)26)29-12(9)10(5-7)27-3-2-8-6-15(8,18)19/h4-5,8H,2-3,6H2,1H3,(H,22,23)(H2,24,25,26). The second-order valence-electron chi connectivity index (χ2n) is 6.56. The van der Waals surface area contributed by atoms with Gasteiger partial charge in [-0.1, -0.05) is 0 Å². The Kier molecular flexibility index (Phi) is 5.81. The van der Waals surface area contributed by atoms with E-state index in [9.17, 15) is 26.9 Å². The number of thiophene rings is 1. The number of benzene rings is 1. The van der Waals surface area contributed by atoms with E-state index in [2.05, 4.69) is 21.2 Å². The summed E-state index contributed by atoms with van der Waals surface area (Å²) in [6.45, 7) is -0.133. The Balaban J connectivity index is 2.04.